The fourth-order valence-electron chi connectivity index (χ4n) is 1.69. The van der Waals surface area contributed by atoms with Gasteiger partial charge in [-0.2, -0.15) is 0 Å². The number of rotatable bonds is 5. The molecule has 0 saturated carbocycles. The number of nitrogens with one attached hydrogen (secondary N) is 2. The molecular weight excluding hydrogens is 244 g/mol. The molecule has 5 nitrogen and oxygen atoms in total. The second kappa shape index (κ2) is 6.68. The molecule has 5 heteroatoms. The molecule has 1 aromatic rings. The van der Waals surface area contributed by atoms with Crippen LogP contribution in [-0.2, 0) is 14.4 Å². The minimum atomic E-state index is -0.301. The first-order valence-electron chi connectivity index (χ1n) is 6.05. The van der Waals surface area contributed by atoms with Crippen molar-refractivity contribution in [2.24, 2.45) is 0 Å². The predicted octanol–water partition coefficient (Wildman–Crippen LogP) is 1.80. The first-order valence-corrected chi connectivity index (χ1v) is 6.05. The molecule has 1 unspecified atom stereocenters. The molecule has 0 fully saturated rings. The average molecular weight is 262 g/mol. The van der Waals surface area contributed by atoms with Gasteiger partial charge >= 0.3 is 0 Å². The summed E-state index contributed by atoms with van der Waals surface area (Å²) < 4.78 is 0. The molecule has 0 heterocycles. The van der Waals surface area contributed by atoms with E-state index in [1.807, 2.05) is 13.0 Å². The van der Waals surface area contributed by atoms with E-state index < -0.39 is 0 Å². The molecule has 0 aliphatic heterocycles. The van der Waals surface area contributed by atoms with Gasteiger partial charge in [-0.1, -0.05) is 12.1 Å². The fourth-order valence-corrected chi connectivity index (χ4v) is 1.69. The summed E-state index contributed by atoms with van der Waals surface area (Å²) in [7, 11) is 0. The lowest BCUT2D eigenvalue weighted by molar-refractivity contribution is -0.127. The van der Waals surface area contributed by atoms with E-state index in [-0.39, 0.29) is 30.1 Å². The Morgan fingerprint density at radius 3 is 2.47 bits per heavy atom. The van der Waals surface area contributed by atoms with Crippen molar-refractivity contribution in [3.63, 3.8) is 0 Å². The first-order chi connectivity index (χ1) is 8.88. The molecule has 0 radical (unpaired) electrons. The minimum Gasteiger partial charge on any atom is -0.349 e. The van der Waals surface area contributed by atoms with Gasteiger partial charge in [0.2, 0.25) is 11.8 Å². The highest BCUT2D eigenvalue weighted by Crippen LogP contribution is 2.17. The lowest BCUT2D eigenvalue weighted by Crippen LogP contribution is -2.28. The predicted molar refractivity (Wildman–Crippen MR) is 72.6 cm³/mol. The van der Waals surface area contributed by atoms with Gasteiger partial charge in [-0.3, -0.25) is 14.4 Å². The highest BCUT2D eigenvalue weighted by atomic mass is 16.2. The zero-order valence-corrected chi connectivity index (χ0v) is 11.3. The van der Waals surface area contributed by atoms with Crippen LogP contribution >= 0.6 is 0 Å². The van der Waals surface area contributed by atoms with Crippen LogP contribution in [0.2, 0.25) is 0 Å². The Morgan fingerprint density at radius 1 is 1.21 bits per heavy atom. The number of Topliss-reactive ketones (excluding diaryl/α,β-unsaturated/α-hetero) is 1. The van der Waals surface area contributed by atoms with Gasteiger partial charge in [-0.15, -0.1) is 0 Å². The maximum Gasteiger partial charge on any atom is 0.227 e. The minimum absolute atomic E-state index is 0.115. The number of carbonyl (C=O) groups excluding carboxylic acids is 3. The van der Waals surface area contributed by atoms with Crippen molar-refractivity contribution < 1.29 is 14.4 Å². The van der Waals surface area contributed by atoms with E-state index in [9.17, 15) is 14.4 Å². The van der Waals surface area contributed by atoms with Crippen LogP contribution in [0.3, 0.4) is 0 Å². The molecule has 2 amide bonds. The quantitative estimate of drug-likeness (QED) is 0.794. The highest BCUT2D eigenvalue weighted by molar-refractivity contribution is 5.96. The number of amides is 2. The normalized spacial score (nSPS) is 11.5. The lowest BCUT2D eigenvalue weighted by Gasteiger charge is -2.15. The molecule has 0 aliphatic rings. The number of anilines is 1. The standard InChI is InChI=1S/C14H18N2O3/c1-9(17)7-14(19)15-10(2)12-5-4-6-13(8-12)16-11(3)18/h4-6,8,10H,7H2,1-3H3,(H,15,19)(H,16,18). The van der Waals surface area contributed by atoms with Crippen molar-refractivity contribution in [3.8, 4) is 0 Å². The third-order valence-corrected chi connectivity index (χ3v) is 2.49. The van der Waals surface area contributed by atoms with Gasteiger partial charge in [0.1, 0.15) is 5.78 Å². The largest absolute Gasteiger partial charge is 0.349 e. The maximum absolute atomic E-state index is 11.5. The van der Waals surface area contributed by atoms with Crippen molar-refractivity contribution in [1.29, 1.82) is 0 Å². The molecule has 2 N–H and O–H groups in total. The molecule has 0 spiro atoms. The molecule has 1 rings (SSSR count). The number of ketones is 1. The molecule has 0 bridgehead atoms. The smallest absolute Gasteiger partial charge is 0.227 e. The number of carbonyl (C=O) groups is 3. The fraction of sp³-hybridized carbons (Fsp3) is 0.357. The average Bonchev–Trinajstić information content (AvgIpc) is 2.27. The van der Waals surface area contributed by atoms with E-state index in [4.69, 9.17) is 0 Å². The molecule has 102 valence electrons. The van der Waals surface area contributed by atoms with Crippen molar-refractivity contribution in [1.82, 2.24) is 5.32 Å². The molecule has 0 aromatic heterocycles. The summed E-state index contributed by atoms with van der Waals surface area (Å²) >= 11 is 0. The Balaban J connectivity index is 2.71. The Hall–Kier alpha value is -2.17. The zero-order chi connectivity index (χ0) is 14.4. The Labute approximate surface area is 112 Å². The van der Waals surface area contributed by atoms with Gasteiger partial charge in [0, 0.05) is 12.6 Å². The zero-order valence-electron chi connectivity index (χ0n) is 11.3. The Bertz CT molecular complexity index is 497. The summed E-state index contributed by atoms with van der Waals surface area (Å²) in [6.45, 7) is 4.64. The summed E-state index contributed by atoms with van der Waals surface area (Å²) in [4.78, 5) is 33.3. The van der Waals surface area contributed by atoms with E-state index in [1.54, 1.807) is 18.2 Å². The number of benzene rings is 1. The topological polar surface area (TPSA) is 75.3 Å². The SMILES string of the molecule is CC(=O)CC(=O)NC(C)c1cccc(NC(C)=O)c1. The summed E-state index contributed by atoms with van der Waals surface area (Å²) in [6, 6.07) is 6.99. The monoisotopic (exact) mass is 262 g/mol. The van der Waals surface area contributed by atoms with Crippen molar-refractivity contribution >= 4 is 23.3 Å². The lowest BCUT2D eigenvalue weighted by atomic mass is 10.1. The van der Waals surface area contributed by atoms with Gasteiger partial charge in [-0.05, 0) is 31.5 Å². The van der Waals surface area contributed by atoms with Crippen LogP contribution in [0.15, 0.2) is 24.3 Å². The van der Waals surface area contributed by atoms with Gasteiger partial charge < -0.3 is 10.6 Å². The van der Waals surface area contributed by atoms with E-state index in [0.717, 1.165) is 5.56 Å². The highest BCUT2D eigenvalue weighted by Gasteiger charge is 2.11. The van der Waals surface area contributed by atoms with Gasteiger partial charge in [0.05, 0.1) is 12.5 Å². The van der Waals surface area contributed by atoms with Gasteiger partial charge in [0.25, 0.3) is 0 Å². The van der Waals surface area contributed by atoms with Crippen LogP contribution in [-0.4, -0.2) is 17.6 Å². The van der Waals surface area contributed by atoms with Crippen LogP contribution < -0.4 is 10.6 Å². The summed E-state index contributed by atoms with van der Waals surface area (Å²) in [5.74, 6) is -0.618. The molecular formula is C14H18N2O3. The Morgan fingerprint density at radius 2 is 1.89 bits per heavy atom. The molecule has 1 atom stereocenters. The molecule has 0 saturated heterocycles. The van der Waals surface area contributed by atoms with Crippen LogP contribution in [0.5, 0.6) is 0 Å². The van der Waals surface area contributed by atoms with Crippen LogP contribution in [0.25, 0.3) is 0 Å². The van der Waals surface area contributed by atoms with Gasteiger partial charge in [-0.25, -0.2) is 0 Å². The van der Waals surface area contributed by atoms with Crippen LogP contribution in [0.4, 0.5) is 5.69 Å². The summed E-state index contributed by atoms with van der Waals surface area (Å²) in [6.07, 6.45) is -0.115. The van der Waals surface area contributed by atoms with E-state index in [1.165, 1.54) is 13.8 Å². The second-order valence-electron chi connectivity index (χ2n) is 4.47. The third-order valence-electron chi connectivity index (χ3n) is 2.49. The first kappa shape index (κ1) is 14.9. The third kappa shape index (κ3) is 5.33. The maximum atomic E-state index is 11.5. The summed E-state index contributed by atoms with van der Waals surface area (Å²) in [5, 5.41) is 5.42. The van der Waals surface area contributed by atoms with Crippen LogP contribution in [0.1, 0.15) is 38.8 Å². The summed E-state index contributed by atoms with van der Waals surface area (Å²) in [5.41, 5.74) is 1.54. The van der Waals surface area contributed by atoms with Crippen molar-refractivity contribution in [2.75, 3.05) is 5.32 Å². The molecule has 19 heavy (non-hydrogen) atoms. The molecule has 1 aromatic carbocycles. The van der Waals surface area contributed by atoms with Crippen LogP contribution in [0, 0.1) is 0 Å². The number of hydrogen-bond donors (Lipinski definition) is 2. The van der Waals surface area contributed by atoms with Crippen molar-refractivity contribution in [2.45, 2.75) is 33.2 Å². The molecule has 0 aliphatic carbocycles. The second-order valence-corrected chi connectivity index (χ2v) is 4.47. The van der Waals surface area contributed by atoms with Crippen molar-refractivity contribution in [3.05, 3.63) is 29.8 Å². The number of hydrogen-bond acceptors (Lipinski definition) is 3. The van der Waals surface area contributed by atoms with Gasteiger partial charge in [0.15, 0.2) is 0 Å². The van der Waals surface area contributed by atoms with E-state index in [0.29, 0.717) is 5.69 Å². The van der Waals surface area contributed by atoms with E-state index >= 15 is 0 Å². The van der Waals surface area contributed by atoms with E-state index in [2.05, 4.69) is 10.6 Å². The Kier molecular flexibility index (Phi) is 5.23.